The van der Waals surface area contributed by atoms with E-state index in [1.165, 1.54) is 15.7 Å². The number of pyridine rings is 1. The molecule has 7 heteroatoms. The third kappa shape index (κ3) is 2.52. The average Bonchev–Trinajstić information content (AvgIpc) is 3.06. The van der Waals surface area contributed by atoms with E-state index in [2.05, 4.69) is 15.2 Å². The second kappa shape index (κ2) is 5.57. The molecule has 5 nitrogen and oxygen atoms in total. The van der Waals surface area contributed by atoms with Crippen molar-refractivity contribution in [2.24, 2.45) is 0 Å². The third-order valence-electron chi connectivity index (χ3n) is 3.36. The molecule has 0 aliphatic heterocycles. The fourth-order valence-corrected chi connectivity index (χ4v) is 3.19. The highest BCUT2D eigenvalue weighted by Gasteiger charge is 2.13. The average molecular weight is 341 g/mol. The summed E-state index contributed by atoms with van der Waals surface area (Å²) in [4.78, 5) is 16.9. The predicted octanol–water partition coefficient (Wildman–Crippen LogP) is 3.53. The number of benzene rings is 1. The Kier molecular flexibility index (Phi) is 3.40. The Morgan fingerprint density at radius 3 is 2.61 bits per heavy atom. The van der Waals surface area contributed by atoms with E-state index < -0.39 is 0 Å². The zero-order valence-electron chi connectivity index (χ0n) is 11.7. The minimum Gasteiger partial charge on any atom is -0.268 e. The maximum atomic E-state index is 12.6. The lowest BCUT2D eigenvalue weighted by Gasteiger charge is -2.00. The first-order chi connectivity index (χ1) is 11.2. The number of fused-ring (bicyclic) bond motifs is 1. The fraction of sp³-hybridized carbons (Fsp3) is 0. The van der Waals surface area contributed by atoms with Crippen LogP contribution in [0.3, 0.4) is 0 Å². The van der Waals surface area contributed by atoms with Gasteiger partial charge in [0.25, 0.3) is 5.56 Å². The van der Waals surface area contributed by atoms with Crippen LogP contribution in [0.25, 0.3) is 26.8 Å². The van der Waals surface area contributed by atoms with Gasteiger partial charge in [-0.05, 0) is 24.3 Å². The van der Waals surface area contributed by atoms with Gasteiger partial charge < -0.3 is 0 Å². The van der Waals surface area contributed by atoms with Gasteiger partial charge in [-0.2, -0.15) is 0 Å². The molecule has 3 heterocycles. The molecular formula is C16H9ClN4OS. The zero-order valence-corrected chi connectivity index (χ0v) is 13.3. The van der Waals surface area contributed by atoms with Crippen LogP contribution in [0.4, 0.5) is 0 Å². The highest BCUT2D eigenvalue weighted by atomic mass is 35.5. The number of hydrogen-bond donors (Lipinski definition) is 0. The maximum Gasteiger partial charge on any atom is 0.268 e. The van der Waals surface area contributed by atoms with Gasteiger partial charge >= 0.3 is 0 Å². The Morgan fingerprint density at radius 1 is 1.00 bits per heavy atom. The van der Waals surface area contributed by atoms with Gasteiger partial charge in [0.15, 0.2) is 5.01 Å². The topological polar surface area (TPSA) is 60.2 Å². The monoisotopic (exact) mass is 340 g/mol. The largest absolute Gasteiger partial charge is 0.268 e. The predicted molar refractivity (Wildman–Crippen MR) is 90.8 cm³/mol. The molecule has 0 atom stereocenters. The van der Waals surface area contributed by atoms with Crippen LogP contribution in [0.15, 0.2) is 59.7 Å². The highest BCUT2D eigenvalue weighted by molar-refractivity contribution is 7.17. The number of aromatic nitrogens is 4. The third-order valence-corrected chi connectivity index (χ3v) is 4.62. The van der Waals surface area contributed by atoms with E-state index in [4.69, 9.17) is 11.6 Å². The Bertz CT molecular complexity index is 1060. The van der Waals surface area contributed by atoms with Crippen LogP contribution in [-0.2, 0) is 0 Å². The lowest BCUT2D eigenvalue weighted by Crippen LogP contribution is -2.16. The first kappa shape index (κ1) is 14.0. The lowest BCUT2D eigenvalue weighted by molar-refractivity contribution is 1.03. The smallest absolute Gasteiger partial charge is 0.268 e. The van der Waals surface area contributed by atoms with E-state index in [9.17, 15) is 4.79 Å². The summed E-state index contributed by atoms with van der Waals surface area (Å²) in [7, 11) is 0. The van der Waals surface area contributed by atoms with Crippen LogP contribution in [0.2, 0.25) is 5.02 Å². The van der Waals surface area contributed by atoms with Gasteiger partial charge in [0.2, 0.25) is 0 Å². The number of rotatable bonds is 2. The van der Waals surface area contributed by atoms with E-state index in [0.717, 1.165) is 10.6 Å². The van der Waals surface area contributed by atoms with Gasteiger partial charge in [-0.25, -0.2) is 4.98 Å². The van der Waals surface area contributed by atoms with Crippen LogP contribution < -0.4 is 5.56 Å². The second-order valence-corrected chi connectivity index (χ2v) is 6.24. The molecule has 4 aromatic rings. The van der Waals surface area contributed by atoms with Crippen LogP contribution in [0.1, 0.15) is 0 Å². The molecule has 0 N–H and O–H groups in total. The van der Waals surface area contributed by atoms with Crippen molar-refractivity contribution in [1.29, 1.82) is 0 Å². The van der Waals surface area contributed by atoms with E-state index >= 15 is 0 Å². The molecule has 3 aromatic heterocycles. The minimum atomic E-state index is -0.158. The van der Waals surface area contributed by atoms with E-state index in [0.29, 0.717) is 21.2 Å². The zero-order chi connectivity index (χ0) is 15.8. The number of nitrogens with zero attached hydrogens (tertiary/aromatic N) is 4. The summed E-state index contributed by atoms with van der Waals surface area (Å²) < 4.78 is 1.50. The summed E-state index contributed by atoms with van der Waals surface area (Å²) in [5.41, 5.74) is 1.79. The van der Waals surface area contributed by atoms with Gasteiger partial charge in [0, 0.05) is 23.0 Å². The molecule has 0 aliphatic carbocycles. The molecule has 0 saturated carbocycles. The first-order valence-electron chi connectivity index (χ1n) is 6.78. The SMILES string of the molecule is O=c1c(-c2nnc(-c3ccc(Cl)cc3)s2)cnc2ccccn12. The molecule has 0 fully saturated rings. The fourth-order valence-electron chi connectivity index (χ4n) is 2.21. The van der Waals surface area contributed by atoms with Crippen LogP contribution >= 0.6 is 22.9 Å². The maximum absolute atomic E-state index is 12.6. The molecule has 23 heavy (non-hydrogen) atoms. The Hall–Kier alpha value is -2.57. The summed E-state index contributed by atoms with van der Waals surface area (Å²) in [5, 5.41) is 10.2. The molecule has 112 valence electrons. The van der Waals surface area contributed by atoms with Crippen LogP contribution in [0.5, 0.6) is 0 Å². The summed E-state index contributed by atoms with van der Waals surface area (Å²) in [6.07, 6.45) is 3.24. The molecule has 0 saturated heterocycles. The molecule has 0 unspecified atom stereocenters. The van der Waals surface area contributed by atoms with Crippen LogP contribution in [0, 0.1) is 0 Å². The van der Waals surface area contributed by atoms with Crippen molar-refractivity contribution in [2.45, 2.75) is 0 Å². The Balaban J connectivity index is 1.82. The standard InChI is InChI=1S/C16H9ClN4OS/c17-11-6-4-10(5-7-11)14-19-20-15(23-14)12-9-18-13-3-1-2-8-21(13)16(12)22/h1-9H. The van der Waals surface area contributed by atoms with Crippen molar-refractivity contribution in [3.05, 3.63) is 70.2 Å². The lowest BCUT2D eigenvalue weighted by atomic mass is 10.2. The Labute approximate surface area is 139 Å². The Morgan fingerprint density at radius 2 is 1.78 bits per heavy atom. The summed E-state index contributed by atoms with van der Waals surface area (Å²) in [5.74, 6) is 0. The van der Waals surface area contributed by atoms with Gasteiger partial charge in [0.05, 0.1) is 5.56 Å². The molecule has 0 radical (unpaired) electrons. The molecule has 1 aromatic carbocycles. The molecule has 4 rings (SSSR count). The van der Waals surface area contributed by atoms with E-state index in [-0.39, 0.29) is 5.56 Å². The summed E-state index contributed by atoms with van der Waals surface area (Å²) >= 11 is 7.24. The van der Waals surface area contributed by atoms with Crippen molar-refractivity contribution in [2.75, 3.05) is 0 Å². The quantitative estimate of drug-likeness (QED) is 0.560. The van der Waals surface area contributed by atoms with E-state index in [1.54, 1.807) is 36.7 Å². The van der Waals surface area contributed by atoms with Gasteiger partial charge in [-0.3, -0.25) is 9.20 Å². The van der Waals surface area contributed by atoms with Gasteiger partial charge in [-0.15, -0.1) is 10.2 Å². The van der Waals surface area contributed by atoms with Crippen molar-refractivity contribution < 1.29 is 0 Å². The molecular weight excluding hydrogens is 332 g/mol. The number of halogens is 1. The van der Waals surface area contributed by atoms with Crippen molar-refractivity contribution in [1.82, 2.24) is 19.6 Å². The molecule has 0 aliphatic rings. The first-order valence-corrected chi connectivity index (χ1v) is 7.98. The summed E-state index contributed by atoms with van der Waals surface area (Å²) in [6, 6.07) is 12.7. The molecule has 0 spiro atoms. The molecule has 0 amide bonds. The summed E-state index contributed by atoms with van der Waals surface area (Å²) in [6.45, 7) is 0. The normalized spacial score (nSPS) is 11.0. The van der Waals surface area contributed by atoms with Crippen molar-refractivity contribution in [3.63, 3.8) is 0 Å². The van der Waals surface area contributed by atoms with Gasteiger partial charge in [-0.1, -0.05) is 41.1 Å². The second-order valence-electron chi connectivity index (χ2n) is 4.83. The highest BCUT2D eigenvalue weighted by Crippen LogP contribution is 2.28. The van der Waals surface area contributed by atoms with Crippen molar-refractivity contribution >= 4 is 28.6 Å². The molecule has 0 bridgehead atoms. The van der Waals surface area contributed by atoms with E-state index in [1.807, 2.05) is 18.2 Å². The van der Waals surface area contributed by atoms with Crippen molar-refractivity contribution in [3.8, 4) is 21.1 Å². The van der Waals surface area contributed by atoms with Crippen LogP contribution in [-0.4, -0.2) is 19.6 Å². The number of hydrogen-bond acceptors (Lipinski definition) is 5. The van der Waals surface area contributed by atoms with Gasteiger partial charge in [0.1, 0.15) is 10.7 Å². The minimum absolute atomic E-state index is 0.158.